The summed E-state index contributed by atoms with van der Waals surface area (Å²) in [6.45, 7) is 2.37. The molecule has 0 saturated carbocycles. The molecule has 106 valence electrons. The molecule has 2 rings (SSSR count). The fourth-order valence-corrected chi connectivity index (χ4v) is 2.06. The van der Waals surface area contributed by atoms with Crippen molar-refractivity contribution in [1.29, 1.82) is 0 Å². The van der Waals surface area contributed by atoms with Gasteiger partial charge in [-0.25, -0.2) is 0 Å². The SMILES string of the molecule is CCNC(=O)c1cc(O)c2cc(OC)c(OC)cc2c1. The number of phenols is 1. The normalized spacial score (nSPS) is 10.3. The maximum atomic E-state index is 11.8. The van der Waals surface area contributed by atoms with Gasteiger partial charge in [-0.2, -0.15) is 0 Å². The maximum absolute atomic E-state index is 11.8. The molecule has 0 aliphatic heterocycles. The Morgan fingerprint density at radius 1 is 1.15 bits per heavy atom. The lowest BCUT2D eigenvalue weighted by molar-refractivity contribution is 0.0955. The number of aromatic hydroxyl groups is 1. The van der Waals surface area contributed by atoms with E-state index in [0.717, 1.165) is 0 Å². The molecule has 20 heavy (non-hydrogen) atoms. The molecule has 0 saturated heterocycles. The summed E-state index contributed by atoms with van der Waals surface area (Å²) >= 11 is 0. The van der Waals surface area contributed by atoms with E-state index in [2.05, 4.69) is 5.32 Å². The zero-order valence-electron chi connectivity index (χ0n) is 11.7. The lowest BCUT2D eigenvalue weighted by Crippen LogP contribution is -2.22. The third-order valence-electron chi connectivity index (χ3n) is 3.03. The Bertz CT molecular complexity index is 652. The van der Waals surface area contributed by atoms with E-state index in [9.17, 15) is 9.90 Å². The van der Waals surface area contributed by atoms with Gasteiger partial charge in [-0.3, -0.25) is 4.79 Å². The highest BCUT2D eigenvalue weighted by Crippen LogP contribution is 2.36. The predicted molar refractivity (Wildman–Crippen MR) is 76.7 cm³/mol. The van der Waals surface area contributed by atoms with Crippen LogP contribution in [0.5, 0.6) is 17.2 Å². The number of fused-ring (bicyclic) bond motifs is 1. The van der Waals surface area contributed by atoms with Gasteiger partial charge in [0.15, 0.2) is 11.5 Å². The first-order chi connectivity index (χ1) is 9.60. The van der Waals surface area contributed by atoms with Crippen molar-refractivity contribution < 1.29 is 19.4 Å². The molecule has 1 amide bonds. The fourth-order valence-electron chi connectivity index (χ4n) is 2.06. The quantitative estimate of drug-likeness (QED) is 0.898. The summed E-state index contributed by atoms with van der Waals surface area (Å²) in [6, 6.07) is 6.57. The van der Waals surface area contributed by atoms with Crippen LogP contribution < -0.4 is 14.8 Å². The van der Waals surface area contributed by atoms with Crippen LogP contribution in [0.4, 0.5) is 0 Å². The van der Waals surface area contributed by atoms with Gasteiger partial charge in [-0.05, 0) is 36.6 Å². The Morgan fingerprint density at radius 3 is 2.40 bits per heavy atom. The van der Waals surface area contributed by atoms with Crippen LogP contribution in [0.3, 0.4) is 0 Å². The average Bonchev–Trinajstić information content (AvgIpc) is 2.46. The minimum absolute atomic E-state index is 0.0321. The zero-order chi connectivity index (χ0) is 14.7. The van der Waals surface area contributed by atoms with E-state index in [4.69, 9.17) is 9.47 Å². The number of ether oxygens (including phenoxy) is 2. The second kappa shape index (κ2) is 5.69. The molecule has 0 radical (unpaired) electrons. The Balaban J connectivity index is 2.61. The molecule has 5 nitrogen and oxygen atoms in total. The number of carbonyl (C=O) groups is 1. The summed E-state index contributed by atoms with van der Waals surface area (Å²) in [7, 11) is 3.07. The highest BCUT2D eigenvalue weighted by atomic mass is 16.5. The first-order valence-electron chi connectivity index (χ1n) is 6.27. The molecule has 0 spiro atoms. The van der Waals surface area contributed by atoms with Crippen LogP contribution in [0.15, 0.2) is 24.3 Å². The van der Waals surface area contributed by atoms with Crippen molar-refractivity contribution in [2.24, 2.45) is 0 Å². The number of methoxy groups -OCH3 is 2. The minimum Gasteiger partial charge on any atom is -0.507 e. The van der Waals surface area contributed by atoms with Gasteiger partial charge < -0.3 is 19.9 Å². The summed E-state index contributed by atoms with van der Waals surface area (Å²) in [5, 5.41) is 14.1. The highest BCUT2D eigenvalue weighted by Gasteiger charge is 2.13. The third-order valence-corrected chi connectivity index (χ3v) is 3.03. The molecule has 0 atom stereocenters. The smallest absolute Gasteiger partial charge is 0.251 e. The van der Waals surface area contributed by atoms with Gasteiger partial charge in [-0.1, -0.05) is 0 Å². The molecular formula is C15H17NO4. The summed E-state index contributed by atoms with van der Waals surface area (Å²) in [5.74, 6) is 0.887. The lowest BCUT2D eigenvalue weighted by Gasteiger charge is -2.11. The first-order valence-corrected chi connectivity index (χ1v) is 6.27. The number of hydrogen-bond acceptors (Lipinski definition) is 4. The molecule has 2 aromatic carbocycles. The predicted octanol–water partition coefficient (Wildman–Crippen LogP) is 2.31. The van der Waals surface area contributed by atoms with Gasteiger partial charge in [0.2, 0.25) is 0 Å². The molecule has 0 fully saturated rings. The molecule has 0 aromatic heterocycles. The zero-order valence-corrected chi connectivity index (χ0v) is 11.7. The summed E-state index contributed by atoms with van der Waals surface area (Å²) in [6.07, 6.45) is 0. The van der Waals surface area contributed by atoms with Crippen LogP contribution in [0.2, 0.25) is 0 Å². The number of rotatable bonds is 4. The topological polar surface area (TPSA) is 67.8 Å². The van der Waals surface area contributed by atoms with Crippen LogP contribution in [0.1, 0.15) is 17.3 Å². The second-order valence-corrected chi connectivity index (χ2v) is 4.28. The average molecular weight is 275 g/mol. The van der Waals surface area contributed by atoms with E-state index in [0.29, 0.717) is 34.4 Å². The van der Waals surface area contributed by atoms with Gasteiger partial charge in [-0.15, -0.1) is 0 Å². The molecule has 0 heterocycles. The van der Waals surface area contributed by atoms with E-state index in [1.165, 1.54) is 20.3 Å². The fraction of sp³-hybridized carbons (Fsp3) is 0.267. The van der Waals surface area contributed by atoms with Crippen LogP contribution in [0.25, 0.3) is 10.8 Å². The van der Waals surface area contributed by atoms with Crippen molar-refractivity contribution in [3.05, 3.63) is 29.8 Å². The van der Waals surface area contributed by atoms with Gasteiger partial charge in [0, 0.05) is 17.5 Å². The Morgan fingerprint density at radius 2 is 1.80 bits per heavy atom. The largest absolute Gasteiger partial charge is 0.507 e. The number of carbonyl (C=O) groups excluding carboxylic acids is 1. The molecule has 0 bridgehead atoms. The van der Waals surface area contributed by atoms with Crippen molar-refractivity contribution in [2.75, 3.05) is 20.8 Å². The standard InChI is InChI=1S/C15H17NO4/c1-4-16-15(18)10-5-9-7-13(19-2)14(20-3)8-11(9)12(17)6-10/h5-8,17H,4H2,1-3H3,(H,16,18). The Labute approximate surface area is 117 Å². The third kappa shape index (κ3) is 2.47. The van der Waals surface area contributed by atoms with Crippen molar-refractivity contribution in [1.82, 2.24) is 5.32 Å². The Hall–Kier alpha value is -2.43. The molecule has 0 aliphatic carbocycles. The molecule has 0 aliphatic rings. The minimum atomic E-state index is -0.223. The first kappa shape index (κ1) is 14.0. The van der Waals surface area contributed by atoms with E-state index in [1.807, 2.05) is 6.92 Å². The van der Waals surface area contributed by atoms with E-state index in [1.54, 1.807) is 18.2 Å². The molecule has 5 heteroatoms. The van der Waals surface area contributed by atoms with Gasteiger partial charge in [0.05, 0.1) is 14.2 Å². The second-order valence-electron chi connectivity index (χ2n) is 4.28. The highest BCUT2D eigenvalue weighted by molar-refractivity contribution is 6.01. The van der Waals surface area contributed by atoms with Crippen LogP contribution in [-0.2, 0) is 0 Å². The van der Waals surface area contributed by atoms with Gasteiger partial charge >= 0.3 is 0 Å². The number of phenolic OH excluding ortho intramolecular Hbond substituents is 1. The van der Waals surface area contributed by atoms with Crippen molar-refractivity contribution in [2.45, 2.75) is 6.92 Å². The van der Waals surface area contributed by atoms with E-state index < -0.39 is 0 Å². The Kier molecular flexibility index (Phi) is 3.98. The van der Waals surface area contributed by atoms with Crippen LogP contribution in [-0.4, -0.2) is 31.8 Å². The van der Waals surface area contributed by atoms with Gasteiger partial charge in [0.25, 0.3) is 5.91 Å². The summed E-state index contributed by atoms with van der Waals surface area (Å²) in [4.78, 5) is 11.8. The van der Waals surface area contributed by atoms with E-state index in [-0.39, 0.29) is 11.7 Å². The molecule has 0 unspecified atom stereocenters. The summed E-state index contributed by atoms with van der Waals surface area (Å²) < 4.78 is 10.4. The number of amides is 1. The van der Waals surface area contributed by atoms with Crippen molar-refractivity contribution >= 4 is 16.7 Å². The van der Waals surface area contributed by atoms with Crippen LogP contribution in [0, 0.1) is 0 Å². The molecular weight excluding hydrogens is 258 g/mol. The van der Waals surface area contributed by atoms with Crippen LogP contribution >= 0.6 is 0 Å². The molecule has 2 N–H and O–H groups in total. The van der Waals surface area contributed by atoms with E-state index >= 15 is 0 Å². The van der Waals surface area contributed by atoms with Crippen molar-refractivity contribution in [3.63, 3.8) is 0 Å². The lowest BCUT2D eigenvalue weighted by atomic mass is 10.0. The number of nitrogens with one attached hydrogen (secondary N) is 1. The maximum Gasteiger partial charge on any atom is 0.251 e. The number of hydrogen-bond donors (Lipinski definition) is 2. The molecule has 2 aromatic rings. The number of benzene rings is 2. The summed E-state index contributed by atoms with van der Waals surface area (Å²) in [5.41, 5.74) is 0.407. The monoisotopic (exact) mass is 275 g/mol. The van der Waals surface area contributed by atoms with Crippen molar-refractivity contribution in [3.8, 4) is 17.2 Å². The van der Waals surface area contributed by atoms with Gasteiger partial charge in [0.1, 0.15) is 5.75 Å².